The van der Waals surface area contributed by atoms with Crippen LogP contribution < -0.4 is 4.74 Å². The summed E-state index contributed by atoms with van der Waals surface area (Å²) in [6.45, 7) is 2.67. The Hall–Kier alpha value is -2.82. The number of likely N-dealkylation sites (tertiary alicyclic amines) is 1. The Balaban J connectivity index is 1.71. The second kappa shape index (κ2) is 6.83. The summed E-state index contributed by atoms with van der Waals surface area (Å²) in [5.74, 6) is 1.62. The average Bonchev–Trinajstić information content (AvgIpc) is 3.33. The summed E-state index contributed by atoms with van der Waals surface area (Å²) in [4.78, 5) is 18.8. The molecule has 1 saturated heterocycles. The SMILES string of the molecule is CCC(=O)N1CCCC1c1nc2cc(-c3ccccc3OC)ccc2o1. The van der Waals surface area contributed by atoms with Crippen molar-refractivity contribution in [1.82, 2.24) is 9.88 Å². The van der Waals surface area contributed by atoms with Crippen molar-refractivity contribution < 1.29 is 13.9 Å². The fraction of sp³-hybridized carbons (Fsp3) is 0.333. The number of fused-ring (bicyclic) bond motifs is 1. The molecule has 0 N–H and O–H groups in total. The van der Waals surface area contributed by atoms with Crippen molar-refractivity contribution >= 4 is 17.0 Å². The number of methoxy groups -OCH3 is 1. The van der Waals surface area contributed by atoms with Gasteiger partial charge in [-0.1, -0.05) is 31.2 Å². The first-order chi connectivity index (χ1) is 12.7. The van der Waals surface area contributed by atoms with E-state index >= 15 is 0 Å². The minimum absolute atomic E-state index is 0.0513. The number of rotatable bonds is 4. The maximum atomic E-state index is 12.2. The monoisotopic (exact) mass is 350 g/mol. The van der Waals surface area contributed by atoms with E-state index in [1.807, 2.05) is 54.3 Å². The summed E-state index contributed by atoms with van der Waals surface area (Å²) in [5, 5.41) is 0. The van der Waals surface area contributed by atoms with Crippen LogP contribution in [0.15, 0.2) is 46.9 Å². The molecule has 1 unspecified atom stereocenters. The molecule has 2 aromatic carbocycles. The number of carbonyl (C=O) groups is 1. The lowest BCUT2D eigenvalue weighted by molar-refractivity contribution is -0.132. The van der Waals surface area contributed by atoms with Crippen molar-refractivity contribution in [3.8, 4) is 16.9 Å². The average molecular weight is 350 g/mol. The van der Waals surface area contributed by atoms with E-state index in [1.54, 1.807) is 7.11 Å². The highest BCUT2D eigenvalue weighted by molar-refractivity contribution is 5.82. The van der Waals surface area contributed by atoms with Gasteiger partial charge in [-0.15, -0.1) is 0 Å². The molecule has 134 valence electrons. The molecule has 5 nitrogen and oxygen atoms in total. The molecule has 1 aliphatic heterocycles. The summed E-state index contributed by atoms with van der Waals surface area (Å²) in [6, 6.07) is 13.8. The Kier molecular flexibility index (Phi) is 4.37. The normalized spacial score (nSPS) is 17.0. The molecule has 3 aromatic rings. The van der Waals surface area contributed by atoms with Gasteiger partial charge in [-0.2, -0.15) is 0 Å². The van der Waals surface area contributed by atoms with E-state index in [1.165, 1.54) is 0 Å². The lowest BCUT2D eigenvalue weighted by Crippen LogP contribution is -2.29. The number of aromatic nitrogens is 1. The Morgan fingerprint density at radius 2 is 2.15 bits per heavy atom. The van der Waals surface area contributed by atoms with E-state index in [9.17, 15) is 4.79 Å². The lowest BCUT2D eigenvalue weighted by Gasteiger charge is -2.21. The molecule has 1 fully saturated rings. The van der Waals surface area contributed by atoms with Gasteiger partial charge in [0.25, 0.3) is 0 Å². The minimum Gasteiger partial charge on any atom is -0.496 e. The van der Waals surface area contributed by atoms with Crippen molar-refractivity contribution in [1.29, 1.82) is 0 Å². The number of nitrogens with zero attached hydrogens (tertiary/aromatic N) is 2. The number of carbonyl (C=O) groups excluding carboxylic acids is 1. The van der Waals surface area contributed by atoms with E-state index in [4.69, 9.17) is 14.1 Å². The predicted molar refractivity (Wildman–Crippen MR) is 100.0 cm³/mol. The van der Waals surface area contributed by atoms with Gasteiger partial charge >= 0.3 is 0 Å². The van der Waals surface area contributed by atoms with Crippen LogP contribution in [0.4, 0.5) is 0 Å². The van der Waals surface area contributed by atoms with Crippen LogP contribution in [0.2, 0.25) is 0 Å². The van der Waals surface area contributed by atoms with Gasteiger partial charge in [0.05, 0.1) is 7.11 Å². The molecule has 0 bridgehead atoms. The molecule has 0 spiro atoms. The number of ether oxygens (including phenoxy) is 1. The molecule has 1 aromatic heterocycles. The zero-order chi connectivity index (χ0) is 18.1. The van der Waals surface area contributed by atoms with Gasteiger partial charge in [0.15, 0.2) is 5.58 Å². The van der Waals surface area contributed by atoms with E-state index in [0.717, 1.165) is 47.4 Å². The molecular weight excluding hydrogens is 328 g/mol. The molecule has 2 heterocycles. The molecule has 0 radical (unpaired) electrons. The van der Waals surface area contributed by atoms with E-state index in [0.29, 0.717) is 12.3 Å². The van der Waals surface area contributed by atoms with E-state index in [-0.39, 0.29) is 11.9 Å². The van der Waals surface area contributed by atoms with Crippen LogP contribution in [0.1, 0.15) is 38.1 Å². The van der Waals surface area contributed by atoms with Crippen LogP contribution >= 0.6 is 0 Å². The van der Waals surface area contributed by atoms with Crippen LogP contribution in [-0.2, 0) is 4.79 Å². The topological polar surface area (TPSA) is 55.6 Å². The van der Waals surface area contributed by atoms with E-state index < -0.39 is 0 Å². The summed E-state index contributed by atoms with van der Waals surface area (Å²) in [5.41, 5.74) is 3.60. The van der Waals surface area contributed by atoms with Crippen molar-refractivity contribution in [2.75, 3.05) is 13.7 Å². The first-order valence-electron chi connectivity index (χ1n) is 9.04. The van der Waals surface area contributed by atoms with Crippen molar-refractivity contribution in [2.45, 2.75) is 32.2 Å². The first-order valence-corrected chi connectivity index (χ1v) is 9.04. The molecule has 1 aliphatic rings. The smallest absolute Gasteiger partial charge is 0.222 e. The van der Waals surface area contributed by atoms with Crippen molar-refractivity contribution in [3.05, 3.63) is 48.4 Å². The molecule has 1 amide bonds. The third-order valence-corrected chi connectivity index (χ3v) is 4.98. The molecular formula is C21H22N2O3. The lowest BCUT2D eigenvalue weighted by atomic mass is 10.0. The van der Waals surface area contributed by atoms with E-state index in [2.05, 4.69) is 0 Å². The van der Waals surface area contributed by atoms with Crippen molar-refractivity contribution in [3.63, 3.8) is 0 Å². The van der Waals surface area contributed by atoms with Crippen LogP contribution in [0.3, 0.4) is 0 Å². The highest BCUT2D eigenvalue weighted by atomic mass is 16.5. The second-order valence-electron chi connectivity index (χ2n) is 6.53. The predicted octanol–water partition coefficient (Wildman–Crippen LogP) is 4.58. The summed E-state index contributed by atoms with van der Waals surface area (Å²) in [6.07, 6.45) is 2.40. The van der Waals surface area contributed by atoms with Crippen LogP contribution in [0.25, 0.3) is 22.2 Å². The highest BCUT2D eigenvalue weighted by Crippen LogP contribution is 2.36. The maximum absolute atomic E-state index is 12.2. The van der Waals surface area contributed by atoms with Gasteiger partial charge in [-0.3, -0.25) is 4.79 Å². The Labute approximate surface area is 152 Å². The largest absolute Gasteiger partial charge is 0.496 e. The number of hydrogen-bond acceptors (Lipinski definition) is 4. The van der Waals surface area contributed by atoms with Gasteiger partial charge in [0.2, 0.25) is 11.8 Å². The summed E-state index contributed by atoms with van der Waals surface area (Å²) < 4.78 is 11.5. The Bertz CT molecular complexity index is 947. The van der Waals surface area contributed by atoms with Crippen LogP contribution in [0.5, 0.6) is 5.75 Å². The summed E-state index contributed by atoms with van der Waals surface area (Å²) in [7, 11) is 1.67. The Morgan fingerprint density at radius 1 is 1.31 bits per heavy atom. The van der Waals surface area contributed by atoms with Gasteiger partial charge < -0.3 is 14.1 Å². The minimum atomic E-state index is -0.0513. The number of hydrogen-bond donors (Lipinski definition) is 0. The molecule has 4 rings (SSSR count). The zero-order valence-electron chi connectivity index (χ0n) is 15.1. The standard InChI is InChI=1S/C21H22N2O3/c1-3-20(24)23-12-6-8-17(23)21-22-16-13-14(10-11-19(16)26-21)15-7-4-5-9-18(15)25-2/h4-5,7,9-11,13,17H,3,6,8,12H2,1-2H3. The quantitative estimate of drug-likeness (QED) is 0.691. The van der Waals surface area contributed by atoms with Crippen molar-refractivity contribution in [2.24, 2.45) is 0 Å². The fourth-order valence-corrected chi connectivity index (χ4v) is 3.66. The van der Waals surface area contributed by atoms with Crippen LogP contribution in [-0.4, -0.2) is 29.4 Å². The number of oxazole rings is 1. The zero-order valence-corrected chi connectivity index (χ0v) is 15.1. The summed E-state index contributed by atoms with van der Waals surface area (Å²) >= 11 is 0. The molecule has 26 heavy (non-hydrogen) atoms. The fourth-order valence-electron chi connectivity index (χ4n) is 3.66. The Morgan fingerprint density at radius 3 is 2.96 bits per heavy atom. The van der Waals surface area contributed by atoms with Gasteiger partial charge in [0, 0.05) is 18.5 Å². The maximum Gasteiger partial charge on any atom is 0.222 e. The third-order valence-electron chi connectivity index (χ3n) is 4.98. The molecule has 1 atom stereocenters. The van der Waals surface area contributed by atoms with Gasteiger partial charge in [-0.25, -0.2) is 4.98 Å². The number of para-hydroxylation sites is 1. The van der Waals surface area contributed by atoms with Crippen LogP contribution in [0, 0.1) is 0 Å². The first kappa shape index (κ1) is 16.6. The second-order valence-corrected chi connectivity index (χ2v) is 6.53. The number of benzene rings is 2. The van der Waals surface area contributed by atoms with Gasteiger partial charge in [0.1, 0.15) is 17.3 Å². The number of amides is 1. The molecule has 0 saturated carbocycles. The highest BCUT2D eigenvalue weighted by Gasteiger charge is 2.32. The molecule has 5 heteroatoms. The molecule has 0 aliphatic carbocycles. The third kappa shape index (κ3) is 2.83. The van der Waals surface area contributed by atoms with Gasteiger partial charge in [-0.05, 0) is 36.6 Å².